The second kappa shape index (κ2) is 7.09. The Labute approximate surface area is 88.2 Å². The van der Waals surface area contributed by atoms with Crippen LogP contribution >= 0.6 is 11.8 Å². The Morgan fingerprint density at radius 2 is 1.93 bits per heavy atom. The second-order valence-corrected chi connectivity index (χ2v) is 2.32. The third kappa shape index (κ3) is 3.18. The number of benzene rings is 1. The third-order valence-corrected chi connectivity index (χ3v) is 1.59. The summed E-state index contributed by atoms with van der Waals surface area (Å²) < 4.78 is 0. The molecule has 0 fully saturated rings. The van der Waals surface area contributed by atoms with E-state index >= 15 is 0 Å². The molecule has 0 aromatic heterocycles. The van der Waals surface area contributed by atoms with E-state index in [1.165, 1.54) is 6.07 Å². The summed E-state index contributed by atoms with van der Waals surface area (Å²) in [5.74, 6) is -0.473. The first-order valence-corrected chi connectivity index (χ1v) is 4.62. The van der Waals surface area contributed by atoms with Crippen molar-refractivity contribution in [1.29, 1.82) is 0 Å². The van der Waals surface area contributed by atoms with E-state index < -0.39 is 5.91 Å². The number of halogens is 1. The monoisotopic (exact) mass is 213 g/mol. The van der Waals surface area contributed by atoms with E-state index in [2.05, 4.69) is 0 Å². The van der Waals surface area contributed by atoms with Gasteiger partial charge in [-0.1, -0.05) is 32.0 Å². The van der Waals surface area contributed by atoms with Gasteiger partial charge in [-0.15, -0.1) is 0 Å². The fraction of sp³-hybridized carbons (Fsp3) is 0.200. The molecule has 0 bridgehead atoms. The van der Waals surface area contributed by atoms with E-state index in [0.717, 1.165) is 0 Å². The number of carbonyl (C=O) groups excluding carboxylic acids is 2. The Hall–Kier alpha value is -1.35. The number of aldehydes is 1. The van der Waals surface area contributed by atoms with Gasteiger partial charge in [0, 0.05) is 17.3 Å². The maximum Gasteiger partial charge on any atom is 0.266 e. The molecule has 76 valence electrons. The summed E-state index contributed by atoms with van der Waals surface area (Å²) in [6, 6.07) is 6.42. The zero-order chi connectivity index (χ0) is 11.0. The van der Waals surface area contributed by atoms with Crippen LogP contribution in [0.15, 0.2) is 24.3 Å². The maximum atomic E-state index is 11.0. The van der Waals surface area contributed by atoms with Crippen LogP contribution in [0.2, 0.25) is 0 Å². The van der Waals surface area contributed by atoms with E-state index in [1.54, 1.807) is 18.2 Å². The molecule has 1 amide bonds. The topological polar surface area (TPSA) is 46.2 Å². The average Bonchev–Trinajstić information content (AvgIpc) is 2.30. The molecule has 1 rings (SSSR count). The standard InChI is InChI=1S/C8H6ClNO2.C2H6/c9-10-8(12)7-4-2-1-3-6(7)5-11;1-2/h1-5H,(H,10,12);1-2H3. The molecule has 1 N–H and O–H groups in total. The van der Waals surface area contributed by atoms with Gasteiger partial charge in [-0.05, 0) is 6.07 Å². The second-order valence-electron chi connectivity index (χ2n) is 2.13. The molecular formula is C10H12ClNO2. The number of nitrogens with one attached hydrogen (secondary N) is 1. The summed E-state index contributed by atoms with van der Waals surface area (Å²) in [4.78, 5) is 23.3. The number of hydrogen-bond donors (Lipinski definition) is 1. The Morgan fingerprint density at radius 1 is 1.36 bits per heavy atom. The van der Waals surface area contributed by atoms with Gasteiger partial charge in [0.2, 0.25) is 0 Å². The molecule has 0 spiro atoms. The average molecular weight is 214 g/mol. The number of carbonyl (C=O) groups is 2. The summed E-state index contributed by atoms with van der Waals surface area (Å²) in [7, 11) is 0. The first-order valence-electron chi connectivity index (χ1n) is 4.24. The minimum absolute atomic E-state index is 0.280. The van der Waals surface area contributed by atoms with Crippen LogP contribution in [0.3, 0.4) is 0 Å². The largest absolute Gasteiger partial charge is 0.298 e. The van der Waals surface area contributed by atoms with Crippen molar-refractivity contribution in [2.24, 2.45) is 0 Å². The lowest BCUT2D eigenvalue weighted by molar-refractivity contribution is 0.0975. The molecule has 0 saturated heterocycles. The zero-order valence-electron chi connectivity index (χ0n) is 8.08. The Kier molecular flexibility index (Phi) is 6.41. The van der Waals surface area contributed by atoms with Gasteiger partial charge in [0.25, 0.3) is 5.91 Å². The van der Waals surface area contributed by atoms with E-state index in [-0.39, 0.29) is 5.56 Å². The summed E-state index contributed by atoms with van der Waals surface area (Å²) in [5, 5.41) is 0. The molecule has 0 radical (unpaired) electrons. The van der Waals surface area contributed by atoms with Crippen molar-refractivity contribution in [1.82, 2.24) is 4.84 Å². The maximum absolute atomic E-state index is 11.0. The van der Waals surface area contributed by atoms with Gasteiger partial charge in [0.1, 0.15) is 0 Å². The van der Waals surface area contributed by atoms with Gasteiger partial charge in [-0.25, -0.2) is 0 Å². The van der Waals surface area contributed by atoms with Crippen LogP contribution in [0.1, 0.15) is 34.6 Å². The highest BCUT2D eigenvalue weighted by molar-refractivity contribution is 6.24. The molecule has 1 aromatic rings. The molecule has 0 saturated carbocycles. The van der Waals surface area contributed by atoms with Crippen molar-refractivity contribution in [2.75, 3.05) is 0 Å². The highest BCUT2D eigenvalue weighted by Crippen LogP contribution is 2.05. The summed E-state index contributed by atoms with van der Waals surface area (Å²) in [6.45, 7) is 4.00. The van der Waals surface area contributed by atoms with Crippen molar-refractivity contribution in [3.8, 4) is 0 Å². The van der Waals surface area contributed by atoms with Gasteiger partial charge in [-0.2, -0.15) is 0 Å². The van der Waals surface area contributed by atoms with E-state index in [9.17, 15) is 9.59 Å². The molecule has 0 aliphatic rings. The summed E-state index contributed by atoms with van der Waals surface area (Å²) >= 11 is 5.10. The van der Waals surface area contributed by atoms with Crippen molar-refractivity contribution < 1.29 is 9.59 Å². The third-order valence-electron chi connectivity index (χ3n) is 1.42. The van der Waals surface area contributed by atoms with Crippen LogP contribution in [0.25, 0.3) is 0 Å². The van der Waals surface area contributed by atoms with Crippen LogP contribution in [0.4, 0.5) is 0 Å². The molecule has 0 aliphatic heterocycles. The summed E-state index contributed by atoms with van der Waals surface area (Å²) in [5.41, 5.74) is 0.609. The van der Waals surface area contributed by atoms with Crippen LogP contribution in [-0.4, -0.2) is 12.2 Å². The van der Waals surface area contributed by atoms with Crippen molar-refractivity contribution >= 4 is 24.0 Å². The molecule has 0 atom stereocenters. The molecule has 14 heavy (non-hydrogen) atoms. The molecule has 0 aliphatic carbocycles. The fourth-order valence-corrected chi connectivity index (χ4v) is 0.959. The lowest BCUT2D eigenvalue weighted by atomic mass is 10.1. The Morgan fingerprint density at radius 3 is 2.43 bits per heavy atom. The molecule has 1 aromatic carbocycles. The quantitative estimate of drug-likeness (QED) is 0.606. The van der Waals surface area contributed by atoms with Crippen LogP contribution < -0.4 is 4.84 Å². The summed E-state index contributed by atoms with van der Waals surface area (Å²) in [6.07, 6.45) is 0.613. The lowest BCUT2D eigenvalue weighted by Crippen LogP contribution is -2.14. The zero-order valence-corrected chi connectivity index (χ0v) is 8.84. The Bertz CT molecular complexity index is 313. The minimum atomic E-state index is -0.473. The van der Waals surface area contributed by atoms with Crippen LogP contribution in [-0.2, 0) is 0 Å². The predicted molar refractivity (Wildman–Crippen MR) is 56.5 cm³/mol. The molecule has 3 nitrogen and oxygen atoms in total. The van der Waals surface area contributed by atoms with E-state index in [0.29, 0.717) is 11.8 Å². The van der Waals surface area contributed by atoms with Crippen molar-refractivity contribution in [3.05, 3.63) is 35.4 Å². The van der Waals surface area contributed by atoms with Crippen molar-refractivity contribution in [2.45, 2.75) is 13.8 Å². The normalized spacial score (nSPS) is 8.21. The smallest absolute Gasteiger partial charge is 0.266 e. The molecule has 4 heteroatoms. The van der Waals surface area contributed by atoms with Crippen LogP contribution in [0, 0.1) is 0 Å². The first-order chi connectivity index (χ1) is 6.79. The number of rotatable bonds is 2. The molecule has 0 heterocycles. The SMILES string of the molecule is CC.O=Cc1ccccc1C(=O)NCl. The van der Waals surface area contributed by atoms with Crippen molar-refractivity contribution in [3.63, 3.8) is 0 Å². The minimum Gasteiger partial charge on any atom is -0.298 e. The highest BCUT2D eigenvalue weighted by atomic mass is 35.5. The first kappa shape index (κ1) is 12.7. The van der Waals surface area contributed by atoms with Gasteiger partial charge >= 0.3 is 0 Å². The van der Waals surface area contributed by atoms with E-state index in [4.69, 9.17) is 11.8 Å². The Balaban J connectivity index is 0.000000791. The lowest BCUT2D eigenvalue weighted by Gasteiger charge is -1.99. The number of hydrogen-bond acceptors (Lipinski definition) is 2. The van der Waals surface area contributed by atoms with Gasteiger partial charge < -0.3 is 0 Å². The van der Waals surface area contributed by atoms with Crippen LogP contribution in [0.5, 0.6) is 0 Å². The van der Waals surface area contributed by atoms with Gasteiger partial charge in [0.05, 0.1) is 5.56 Å². The fourth-order valence-electron chi connectivity index (χ4n) is 0.857. The predicted octanol–water partition coefficient (Wildman–Crippen LogP) is 2.41. The highest BCUT2D eigenvalue weighted by Gasteiger charge is 2.07. The molecular weight excluding hydrogens is 202 g/mol. The number of amides is 1. The van der Waals surface area contributed by atoms with Gasteiger partial charge in [-0.3, -0.25) is 14.4 Å². The molecule has 0 unspecified atom stereocenters. The van der Waals surface area contributed by atoms with Gasteiger partial charge in [0.15, 0.2) is 6.29 Å². The van der Waals surface area contributed by atoms with E-state index in [1.807, 2.05) is 18.7 Å².